The predicted molar refractivity (Wildman–Crippen MR) is 64.1 cm³/mol. The summed E-state index contributed by atoms with van der Waals surface area (Å²) in [6, 6.07) is 0. The molecule has 0 atom stereocenters. The van der Waals surface area contributed by atoms with E-state index in [1.165, 1.54) is 24.2 Å². The van der Waals surface area contributed by atoms with Crippen LogP contribution in [0.3, 0.4) is 0 Å². The Hall–Kier alpha value is -1.00. The van der Waals surface area contributed by atoms with Crippen LogP contribution in [0.2, 0.25) is 0 Å². The molecule has 88 valence electrons. The predicted octanol–water partition coefficient (Wildman–Crippen LogP) is 0.746. The van der Waals surface area contributed by atoms with Gasteiger partial charge in [-0.2, -0.15) is 0 Å². The summed E-state index contributed by atoms with van der Waals surface area (Å²) in [5, 5.41) is 0. The minimum atomic E-state index is 0.626. The van der Waals surface area contributed by atoms with Gasteiger partial charge in [0, 0.05) is 43.4 Å². The minimum absolute atomic E-state index is 0.626. The third-order valence-corrected chi connectivity index (χ3v) is 2.97. The number of hydrogen-bond acceptors (Lipinski definition) is 4. The SMILES string of the molecule is CCCN1CCc2nc(CCN)ncc2C1. The molecule has 1 aromatic rings. The van der Waals surface area contributed by atoms with Crippen molar-refractivity contribution in [3.63, 3.8) is 0 Å². The zero-order valence-corrected chi connectivity index (χ0v) is 9.95. The number of fused-ring (bicyclic) bond motifs is 1. The standard InChI is InChI=1S/C12H20N4/c1-2-6-16-7-4-11-10(9-16)8-14-12(15-11)3-5-13/h8H,2-7,9,13H2,1H3. The van der Waals surface area contributed by atoms with Crippen LogP contribution in [-0.2, 0) is 19.4 Å². The first-order chi connectivity index (χ1) is 7.83. The molecule has 2 N–H and O–H groups in total. The summed E-state index contributed by atoms with van der Waals surface area (Å²) in [5.74, 6) is 0.894. The summed E-state index contributed by atoms with van der Waals surface area (Å²) in [5.41, 5.74) is 8.03. The van der Waals surface area contributed by atoms with Crippen LogP contribution in [0, 0.1) is 0 Å². The van der Waals surface area contributed by atoms with Gasteiger partial charge in [-0.15, -0.1) is 0 Å². The van der Waals surface area contributed by atoms with Crippen molar-refractivity contribution in [2.45, 2.75) is 32.7 Å². The molecular weight excluding hydrogens is 200 g/mol. The van der Waals surface area contributed by atoms with Crippen LogP contribution in [0.4, 0.5) is 0 Å². The highest BCUT2D eigenvalue weighted by Gasteiger charge is 2.17. The lowest BCUT2D eigenvalue weighted by Gasteiger charge is -2.27. The van der Waals surface area contributed by atoms with Crippen molar-refractivity contribution in [3.8, 4) is 0 Å². The van der Waals surface area contributed by atoms with Crippen LogP contribution < -0.4 is 5.73 Å². The van der Waals surface area contributed by atoms with Crippen molar-refractivity contribution in [3.05, 3.63) is 23.3 Å². The zero-order valence-electron chi connectivity index (χ0n) is 9.95. The van der Waals surface area contributed by atoms with Gasteiger partial charge in [0.25, 0.3) is 0 Å². The highest BCUT2D eigenvalue weighted by molar-refractivity contribution is 5.20. The number of aromatic nitrogens is 2. The smallest absolute Gasteiger partial charge is 0.129 e. The largest absolute Gasteiger partial charge is 0.330 e. The van der Waals surface area contributed by atoms with Crippen molar-refractivity contribution in [2.75, 3.05) is 19.6 Å². The first-order valence-corrected chi connectivity index (χ1v) is 6.09. The van der Waals surface area contributed by atoms with Crippen molar-refractivity contribution in [1.82, 2.24) is 14.9 Å². The summed E-state index contributed by atoms with van der Waals surface area (Å²) in [6.45, 7) is 6.15. The van der Waals surface area contributed by atoms with Crippen LogP contribution >= 0.6 is 0 Å². The van der Waals surface area contributed by atoms with E-state index in [1.807, 2.05) is 6.20 Å². The Morgan fingerprint density at radius 1 is 1.50 bits per heavy atom. The third-order valence-electron chi connectivity index (χ3n) is 2.97. The maximum atomic E-state index is 5.51. The van der Waals surface area contributed by atoms with E-state index in [1.54, 1.807) is 0 Å². The molecule has 4 nitrogen and oxygen atoms in total. The van der Waals surface area contributed by atoms with Crippen molar-refractivity contribution < 1.29 is 0 Å². The first kappa shape index (κ1) is 11.5. The molecule has 2 rings (SSSR count). The Morgan fingerprint density at radius 2 is 2.38 bits per heavy atom. The molecule has 0 fully saturated rings. The molecule has 16 heavy (non-hydrogen) atoms. The van der Waals surface area contributed by atoms with Crippen molar-refractivity contribution >= 4 is 0 Å². The lowest BCUT2D eigenvalue weighted by Crippen LogP contribution is -2.32. The molecule has 1 aliphatic heterocycles. The fourth-order valence-electron chi connectivity index (χ4n) is 2.17. The molecule has 0 aromatic carbocycles. The van der Waals surface area contributed by atoms with E-state index in [4.69, 9.17) is 5.73 Å². The average Bonchev–Trinajstić information content (AvgIpc) is 2.30. The number of nitrogens with zero attached hydrogens (tertiary/aromatic N) is 3. The van der Waals surface area contributed by atoms with Crippen LogP contribution in [0.1, 0.15) is 30.4 Å². The monoisotopic (exact) mass is 220 g/mol. The normalized spacial score (nSPS) is 16.1. The second-order valence-electron chi connectivity index (χ2n) is 4.32. The quantitative estimate of drug-likeness (QED) is 0.813. The fraction of sp³-hybridized carbons (Fsp3) is 0.667. The van der Waals surface area contributed by atoms with Gasteiger partial charge in [0.05, 0.1) is 0 Å². The van der Waals surface area contributed by atoms with Gasteiger partial charge < -0.3 is 5.73 Å². The van der Waals surface area contributed by atoms with E-state index < -0.39 is 0 Å². The molecule has 2 heterocycles. The van der Waals surface area contributed by atoms with Gasteiger partial charge in [0.2, 0.25) is 0 Å². The molecule has 0 spiro atoms. The zero-order chi connectivity index (χ0) is 11.4. The molecular formula is C12H20N4. The van der Waals surface area contributed by atoms with Gasteiger partial charge in [0.1, 0.15) is 5.82 Å². The van der Waals surface area contributed by atoms with Gasteiger partial charge >= 0.3 is 0 Å². The molecule has 0 saturated carbocycles. The Morgan fingerprint density at radius 3 is 3.12 bits per heavy atom. The molecule has 1 aliphatic rings. The summed E-state index contributed by atoms with van der Waals surface area (Å²) >= 11 is 0. The highest BCUT2D eigenvalue weighted by atomic mass is 15.1. The molecule has 0 amide bonds. The van der Waals surface area contributed by atoms with Gasteiger partial charge in [-0.3, -0.25) is 4.90 Å². The molecule has 0 radical (unpaired) electrons. The lowest BCUT2D eigenvalue weighted by molar-refractivity contribution is 0.251. The minimum Gasteiger partial charge on any atom is -0.330 e. The van der Waals surface area contributed by atoms with Crippen LogP contribution in [0.5, 0.6) is 0 Å². The maximum absolute atomic E-state index is 5.51. The van der Waals surface area contributed by atoms with E-state index >= 15 is 0 Å². The summed E-state index contributed by atoms with van der Waals surface area (Å²) in [7, 11) is 0. The molecule has 0 saturated heterocycles. The second kappa shape index (κ2) is 5.37. The Bertz CT molecular complexity index is 351. The molecule has 0 unspecified atom stereocenters. The van der Waals surface area contributed by atoms with Gasteiger partial charge in [-0.1, -0.05) is 6.92 Å². The van der Waals surface area contributed by atoms with Gasteiger partial charge in [-0.05, 0) is 19.5 Å². The first-order valence-electron chi connectivity index (χ1n) is 6.09. The van der Waals surface area contributed by atoms with Crippen LogP contribution in [0.15, 0.2) is 6.20 Å². The second-order valence-corrected chi connectivity index (χ2v) is 4.32. The summed E-state index contributed by atoms with van der Waals surface area (Å²) in [4.78, 5) is 11.4. The number of hydrogen-bond donors (Lipinski definition) is 1. The summed E-state index contributed by atoms with van der Waals surface area (Å²) < 4.78 is 0. The third kappa shape index (κ3) is 2.57. The van der Waals surface area contributed by atoms with Crippen molar-refractivity contribution in [2.24, 2.45) is 5.73 Å². The molecule has 0 aliphatic carbocycles. The molecule has 1 aromatic heterocycles. The number of nitrogens with two attached hydrogens (primary N) is 1. The molecule has 0 bridgehead atoms. The maximum Gasteiger partial charge on any atom is 0.129 e. The van der Waals surface area contributed by atoms with E-state index in [0.717, 1.165) is 31.8 Å². The van der Waals surface area contributed by atoms with E-state index in [0.29, 0.717) is 6.54 Å². The fourth-order valence-corrected chi connectivity index (χ4v) is 2.17. The Kier molecular flexibility index (Phi) is 3.85. The van der Waals surface area contributed by atoms with E-state index in [-0.39, 0.29) is 0 Å². The summed E-state index contributed by atoms with van der Waals surface area (Å²) in [6.07, 6.45) is 5.03. The van der Waals surface area contributed by atoms with E-state index in [9.17, 15) is 0 Å². The van der Waals surface area contributed by atoms with E-state index in [2.05, 4.69) is 21.8 Å². The topological polar surface area (TPSA) is 55.0 Å². The van der Waals surface area contributed by atoms with Gasteiger partial charge in [-0.25, -0.2) is 9.97 Å². The Balaban J connectivity index is 2.09. The molecule has 4 heteroatoms. The van der Waals surface area contributed by atoms with Crippen molar-refractivity contribution in [1.29, 1.82) is 0 Å². The van der Waals surface area contributed by atoms with Crippen LogP contribution in [0.25, 0.3) is 0 Å². The van der Waals surface area contributed by atoms with Gasteiger partial charge in [0.15, 0.2) is 0 Å². The highest BCUT2D eigenvalue weighted by Crippen LogP contribution is 2.16. The van der Waals surface area contributed by atoms with Crippen LogP contribution in [-0.4, -0.2) is 34.5 Å². The number of rotatable bonds is 4. The Labute approximate surface area is 96.9 Å². The lowest BCUT2D eigenvalue weighted by atomic mass is 10.1. The average molecular weight is 220 g/mol.